The van der Waals surface area contributed by atoms with E-state index in [-0.39, 0.29) is 35.6 Å². The molecule has 2 fully saturated rings. The van der Waals surface area contributed by atoms with Gasteiger partial charge in [-0.3, -0.25) is 4.79 Å². The number of carbonyl (C=O) groups is 2. The van der Waals surface area contributed by atoms with Crippen molar-refractivity contribution in [2.45, 2.75) is 50.2 Å². The van der Waals surface area contributed by atoms with Gasteiger partial charge in [0.2, 0.25) is 5.91 Å². The van der Waals surface area contributed by atoms with Crippen LogP contribution in [0.5, 0.6) is 0 Å². The van der Waals surface area contributed by atoms with Gasteiger partial charge in [-0.25, -0.2) is 9.78 Å². The maximum atomic E-state index is 12.8. The first-order valence-corrected chi connectivity index (χ1v) is 10.0. The first-order valence-electron chi connectivity index (χ1n) is 10.0. The molecule has 0 bridgehead atoms. The van der Waals surface area contributed by atoms with Crippen molar-refractivity contribution in [1.82, 2.24) is 15.2 Å². The largest absolute Gasteiger partial charge is 0.478 e. The molecule has 0 radical (unpaired) electrons. The second-order valence-corrected chi connectivity index (χ2v) is 8.06. The number of piperidine rings is 1. The molecule has 0 unspecified atom stereocenters. The Morgan fingerprint density at radius 1 is 1.41 bits per heavy atom. The molecule has 3 heterocycles. The van der Waals surface area contributed by atoms with Gasteiger partial charge in [0.15, 0.2) is 0 Å². The number of hydrogen-bond donors (Lipinski definition) is 3. The lowest BCUT2D eigenvalue weighted by molar-refractivity contribution is -0.132. The Hall–Kier alpha value is -2.63. The van der Waals surface area contributed by atoms with Gasteiger partial charge < -0.3 is 26.0 Å². The van der Waals surface area contributed by atoms with E-state index >= 15 is 0 Å². The smallest absolute Gasteiger partial charge is 0.335 e. The molecule has 156 valence electrons. The van der Waals surface area contributed by atoms with Crippen molar-refractivity contribution in [3.8, 4) is 12.3 Å². The number of likely N-dealkylation sites (tertiary alicyclic amines) is 1. The molecule has 8 heteroatoms. The maximum Gasteiger partial charge on any atom is 0.335 e. The lowest BCUT2D eigenvalue weighted by Crippen LogP contribution is -2.55. The number of rotatable bonds is 6. The van der Waals surface area contributed by atoms with E-state index in [2.05, 4.69) is 28.0 Å². The first-order chi connectivity index (χ1) is 13.9. The highest BCUT2D eigenvalue weighted by atomic mass is 16.4. The second kappa shape index (κ2) is 8.80. The van der Waals surface area contributed by atoms with E-state index in [9.17, 15) is 9.59 Å². The number of pyridine rings is 1. The van der Waals surface area contributed by atoms with Crippen LogP contribution < -0.4 is 16.0 Å². The number of hydrogen-bond acceptors (Lipinski definition) is 6. The number of terminal acetylenes is 1. The fourth-order valence-corrected chi connectivity index (χ4v) is 4.17. The zero-order valence-corrected chi connectivity index (χ0v) is 16.8. The Labute approximate surface area is 171 Å². The molecule has 2 aliphatic heterocycles. The summed E-state index contributed by atoms with van der Waals surface area (Å²) in [6.07, 6.45) is 10.4. The van der Waals surface area contributed by atoms with Gasteiger partial charge in [0.05, 0.1) is 18.2 Å². The summed E-state index contributed by atoms with van der Waals surface area (Å²) in [7, 11) is 0. The molecule has 0 spiro atoms. The molecule has 0 aromatic carbocycles. The van der Waals surface area contributed by atoms with E-state index < -0.39 is 5.97 Å². The lowest BCUT2D eigenvalue weighted by atomic mass is 9.89. The average molecular weight is 399 g/mol. The van der Waals surface area contributed by atoms with Crippen molar-refractivity contribution in [2.75, 3.05) is 31.1 Å². The molecule has 2 aliphatic rings. The SMILES string of the molecule is C#C[C@H]1CC[C@@H](CN)N1C(=O)CNC1(C)CCN(c2cc(C(=O)O)ccn2)CC1. The standard InChI is InChI=1S/C21H29N5O3/c1-3-16-4-5-17(13-22)26(16)19(27)14-24-21(2)7-10-25(11-8-21)18-12-15(20(28)29)6-9-23-18/h1,6,9,12,16-17,24H,4-5,7-8,10-11,13-14,22H2,2H3,(H,28,29)/t16-,17-/m0/s1. The van der Waals surface area contributed by atoms with E-state index in [1.165, 1.54) is 12.3 Å². The van der Waals surface area contributed by atoms with Crippen LogP contribution in [0, 0.1) is 12.3 Å². The third-order valence-electron chi connectivity index (χ3n) is 6.10. The lowest BCUT2D eigenvalue weighted by Gasteiger charge is -2.41. The average Bonchev–Trinajstić information content (AvgIpc) is 3.16. The molecule has 0 saturated carbocycles. The van der Waals surface area contributed by atoms with E-state index in [1.54, 1.807) is 11.0 Å². The van der Waals surface area contributed by atoms with Crippen LogP contribution in [0.3, 0.4) is 0 Å². The molecular weight excluding hydrogens is 370 g/mol. The second-order valence-electron chi connectivity index (χ2n) is 8.06. The number of carbonyl (C=O) groups excluding carboxylic acids is 1. The summed E-state index contributed by atoms with van der Waals surface area (Å²) in [6, 6.07) is 2.94. The van der Waals surface area contributed by atoms with Gasteiger partial charge in [-0.15, -0.1) is 6.42 Å². The molecular formula is C21H29N5O3. The van der Waals surface area contributed by atoms with Gasteiger partial charge in [0, 0.05) is 37.4 Å². The fourth-order valence-electron chi connectivity index (χ4n) is 4.17. The summed E-state index contributed by atoms with van der Waals surface area (Å²) < 4.78 is 0. The maximum absolute atomic E-state index is 12.8. The van der Waals surface area contributed by atoms with Crippen molar-refractivity contribution in [3.05, 3.63) is 23.9 Å². The Kier molecular flexibility index (Phi) is 6.40. The third kappa shape index (κ3) is 4.69. The summed E-state index contributed by atoms with van der Waals surface area (Å²) in [5, 5.41) is 12.6. The summed E-state index contributed by atoms with van der Waals surface area (Å²) >= 11 is 0. The van der Waals surface area contributed by atoms with Gasteiger partial charge in [0.25, 0.3) is 0 Å². The van der Waals surface area contributed by atoms with Crippen LogP contribution in [0.15, 0.2) is 18.3 Å². The van der Waals surface area contributed by atoms with E-state index in [0.717, 1.165) is 38.8 Å². The molecule has 29 heavy (non-hydrogen) atoms. The van der Waals surface area contributed by atoms with Crippen molar-refractivity contribution in [3.63, 3.8) is 0 Å². The van der Waals surface area contributed by atoms with Crippen LogP contribution in [0.25, 0.3) is 0 Å². The molecule has 1 amide bonds. The minimum absolute atomic E-state index is 0.000352. The third-order valence-corrected chi connectivity index (χ3v) is 6.10. The zero-order valence-electron chi connectivity index (χ0n) is 16.8. The summed E-state index contributed by atoms with van der Waals surface area (Å²) in [5.41, 5.74) is 5.86. The van der Waals surface area contributed by atoms with Crippen molar-refractivity contribution in [1.29, 1.82) is 0 Å². The Morgan fingerprint density at radius 2 is 2.14 bits per heavy atom. The minimum atomic E-state index is -0.960. The van der Waals surface area contributed by atoms with Crippen LogP contribution in [0.4, 0.5) is 5.82 Å². The minimum Gasteiger partial charge on any atom is -0.478 e. The molecule has 2 atom stereocenters. The van der Waals surface area contributed by atoms with E-state index in [4.69, 9.17) is 17.3 Å². The zero-order chi connectivity index (χ0) is 21.0. The highest BCUT2D eigenvalue weighted by molar-refractivity contribution is 5.88. The molecule has 4 N–H and O–H groups in total. The quantitative estimate of drug-likeness (QED) is 0.603. The number of nitrogens with zero attached hydrogens (tertiary/aromatic N) is 3. The highest BCUT2D eigenvalue weighted by Gasteiger charge is 2.36. The Morgan fingerprint density at radius 3 is 2.76 bits per heavy atom. The van der Waals surface area contributed by atoms with Crippen LogP contribution in [0.2, 0.25) is 0 Å². The summed E-state index contributed by atoms with van der Waals surface area (Å²) in [4.78, 5) is 32.1. The number of aromatic nitrogens is 1. The molecule has 3 rings (SSSR count). The van der Waals surface area contributed by atoms with Gasteiger partial charge >= 0.3 is 5.97 Å². The van der Waals surface area contributed by atoms with Crippen molar-refractivity contribution < 1.29 is 14.7 Å². The predicted octanol–water partition coefficient (Wildman–Crippen LogP) is 0.680. The number of carboxylic acid groups (broad SMARTS) is 1. The van der Waals surface area contributed by atoms with Gasteiger partial charge in [0.1, 0.15) is 5.82 Å². The number of carboxylic acids is 1. The van der Waals surface area contributed by atoms with E-state index in [0.29, 0.717) is 12.4 Å². The predicted molar refractivity (Wildman–Crippen MR) is 111 cm³/mol. The van der Waals surface area contributed by atoms with Crippen LogP contribution in [-0.2, 0) is 4.79 Å². The number of nitrogens with two attached hydrogens (primary N) is 1. The normalized spacial score (nSPS) is 23.6. The monoisotopic (exact) mass is 399 g/mol. The summed E-state index contributed by atoms with van der Waals surface area (Å²) in [5.74, 6) is 2.42. The van der Waals surface area contributed by atoms with Gasteiger partial charge in [-0.1, -0.05) is 5.92 Å². The van der Waals surface area contributed by atoms with Gasteiger partial charge in [-0.05, 0) is 44.7 Å². The molecule has 0 aliphatic carbocycles. The number of nitrogens with one attached hydrogen (secondary N) is 1. The molecule has 1 aromatic heterocycles. The summed E-state index contributed by atoms with van der Waals surface area (Å²) in [6.45, 7) is 4.24. The van der Waals surface area contributed by atoms with E-state index in [1.807, 2.05) is 0 Å². The topological polar surface area (TPSA) is 112 Å². The molecule has 2 saturated heterocycles. The fraction of sp³-hybridized carbons (Fsp3) is 0.571. The van der Waals surface area contributed by atoms with Crippen LogP contribution in [-0.4, -0.2) is 70.7 Å². The van der Waals surface area contributed by atoms with Crippen LogP contribution >= 0.6 is 0 Å². The van der Waals surface area contributed by atoms with Crippen molar-refractivity contribution >= 4 is 17.7 Å². The molecule has 1 aromatic rings. The van der Waals surface area contributed by atoms with Gasteiger partial charge in [-0.2, -0.15) is 0 Å². The van der Waals surface area contributed by atoms with Crippen molar-refractivity contribution in [2.24, 2.45) is 5.73 Å². The Bertz CT molecular complexity index is 798. The number of aromatic carboxylic acids is 1. The number of amides is 1. The highest BCUT2D eigenvalue weighted by Crippen LogP contribution is 2.26. The Balaban J connectivity index is 1.56. The van der Waals surface area contributed by atoms with Crippen LogP contribution in [0.1, 0.15) is 43.0 Å². The molecule has 8 nitrogen and oxygen atoms in total. The number of anilines is 1. The first kappa shape index (κ1) is 21.1.